The van der Waals surface area contributed by atoms with Crippen molar-refractivity contribution in [2.45, 2.75) is 52.5 Å². The Hall–Kier alpha value is -0.570. The van der Waals surface area contributed by atoms with Crippen molar-refractivity contribution in [2.24, 2.45) is 11.3 Å². The molecule has 2 unspecified atom stereocenters. The van der Waals surface area contributed by atoms with E-state index >= 15 is 0 Å². The Labute approximate surface area is 99.4 Å². The summed E-state index contributed by atoms with van der Waals surface area (Å²) in [6.45, 7) is 7.83. The van der Waals surface area contributed by atoms with Gasteiger partial charge < -0.3 is 10.6 Å². The molecule has 3 nitrogen and oxygen atoms in total. The molecule has 0 radical (unpaired) electrons. The molecular formula is C13H26N2O. The van der Waals surface area contributed by atoms with Gasteiger partial charge in [-0.1, -0.05) is 20.8 Å². The van der Waals surface area contributed by atoms with Crippen LogP contribution in [0.25, 0.3) is 0 Å². The van der Waals surface area contributed by atoms with Crippen molar-refractivity contribution in [1.29, 1.82) is 0 Å². The standard InChI is InChI=1S/C13H26N2O/c1-13(2,3)7-5-10-6-8-15-11(9-10)12(16)14-4/h10-11,15H,5-9H2,1-4H3,(H,14,16). The topological polar surface area (TPSA) is 41.1 Å². The largest absolute Gasteiger partial charge is 0.358 e. The van der Waals surface area contributed by atoms with Gasteiger partial charge in [0.1, 0.15) is 0 Å². The summed E-state index contributed by atoms with van der Waals surface area (Å²) in [6, 6.07) is 0.0312. The van der Waals surface area contributed by atoms with Crippen LogP contribution in [-0.2, 0) is 4.79 Å². The molecule has 1 amide bonds. The lowest BCUT2D eigenvalue weighted by Crippen LogP contribution is -2.47. The molecule has 16 heavy (non-hydrogen) atoms. The van der Waals surface area contributed by atoms with Crippen molar-refractivity contribution < 1.29 is 4.79 Å². The van der Waals surface area contributed by atoms with Gasteiger partial charge in [-0.05, 0) is 43.6 Å². The monoisotopic (exact) mass is 226 g/mol. The van der Waals surface area contributed by atoms with Gasteiger partial charge in [0.05, 0.1) is 6.04 Å². The van der Waals surface area contributed by atoms with E-state index < -0.39 is 0 Å². The molecule has 1 aliphatic rings. The second kappa shape index (κ2) is 5.67. The number of carbonyl (C=O) groups excluding carboxylic acids is 1. The van der Waals surface area contributed by atoms with E-state index in [2.05, 4.69) is 31.4 Å². The van der Waals surface area contributed by atoms with Crippen LogP contribution in [0.1, 0.15) is 46.5 Å². The predicted octanol–water partition coefficient (Wildman–Crippen LogP) is 1.93. The summed E-state index contributed by atoms with van der Waals surface area (Å²) in [5.41, 5.74) is 0.410. The fraction of sp³-hybridized carbons (Fsp3) is 0.923. The van der Waals surface area contributed by atoms with Crippen LogP contribution in [0.15, 0.2) is 0 Å². The molecule has 2 N–H and O–H groups in total. The lowest BCUT2D eigenvalue weighted by molar-refractivity contribution is -0.123. The number of hydrogen-bond acceptors (Lipinski definition) is 2. The maximum Gasteiger partial charge on any atom is 0.236 e. The summed E-state index contributed by atoms with van der Waals surface area (Å²) < 4.78 is 0. The van der Waals surface area contributed by atoms with E-state index in [4.69, 9.17) is 0 Å². The summed E-state index contributed by atoms with van der Waals surface area (Å²) in [5.74, 6) is 0.850. The smallest absolute Gasteiger partial charge is 0.236 e. The van der Waals surface area contributed by atoms with E-state index in [-0.39, 0.29) is 11.9 Å². The average molecular weight is 226 g/mol. The summed E-state index contributed by atoms with van der Waals surface area (Å²) in [6.07, 6.45) is 4.70. The molecule has 0 aromatic rings. The molecule has 3 heteroatoms. The molecule has 1 rings (SSSR count). The molecule has 1 aliphatic heterocycles. The molecule has 0 aromatic carbocycles. The van der Waals surface area contributed by atoms with E-state index in [1.165, 1.54) is 19.3 Å². The molecule has 1 heterocycles. The van der Waals surface area contributed by atoms with E-state index in [0.29, 0.717) is 11.3 Å². The number of piperidine rings is 1. The van der Waals surface area contributed by atoms with Crippen molar-refractivity contribution >= 4 is 5.91 Å². The highest BCUT2D eigenvalue weighted by atomic mass is 16.2. The molecule has 1 fully saturated rings. The van der Waals surface area contributed by atoms with Crippen molar-refractivity contribution in [3.8, 4) is 0 Å². The van der Waals surface area contributed by atoms with E-state index in [1.54, 1.807) is 7.05 Å². The number of amides is 1. The number of hydrogen-bond donors (Lipinski definition) is 2. The summed E-state index contributed by atoms with van der Waals surface area (Å²) in [4.78, 5) is 11.5. The van der Waals surface area contributed by atoms with Gasteiger partial charge in [0.25, 0.3) is 0 Å². The molecule has 1 saturated heterocycles. The zero-order valence-electron chi connectivity index (χ0n) is 11.1. The number of carbonyl (C=O) groups is 1. The Morgan fingerprint density at radius 3 is 2.69 bits per heavy atom. The van der Waals surface area contributed by atoms with Gasteiger partial charge in [-0.25, -0.2) is 0 Å². The van der Waals surface area contributed by atoms with Crippen LogP contribution in [0.3, 0.4) is 0 Å². The van der Waals surface area contributed by atoms with Gasteiger partial charge in [-0.15, -0.1) is 0 Å². The number of nitrogens with one attached hydrogen (secondary N) is 2. The maximum atomic E-state index is 11.5. The second-order valence-electron chi connectivity index (χ2n) is 6.11. The quantitative estimate of drug-likeness (QED) is 0.772. The average Bonchev–Trinajstić information content (AvgIpc) is 2.25. The second-order valence-corrected chi connectivity index (χ2v) is 6.11. The zero-order valence-corrected chi connectivity index (χ0v) is 11.1. The minimum absolute atomic E-state index is 0.0312. The highest BCUT2D eigenvalue weighted by Gasteiger charge is 2.26. The third-order valence-corrected chi connectivity index (χ3v) is 3.38. The Bertz CT molecular complexity index is 233. The minimum Gasteiger partial charge on any atom is -0.358 e. The fourth-order valence-electron chi connectivity index (χ4n) is 2.27. The molecule has 0 saturated carbocycles. The van der Waals surface area contributed by atoms with E-state index in [9.17, 15) is 4.79 Å². The molecule has 2 atom stereocenters. The summed E-state index contributed by atoms with van der Waals surface area (Å²) >= 11 is 0. The molecule has 94 valence electrons. The van der Waals surface area contributed by atoms with Crippen molar-refractivity contribution in [3.05, 3.63) is 0 Å². The lowest BCUT2D eigenvalue weighted by atomic mass is 9.82. The Morgan fingerprint density at radius 2 is 2.12 bits per heavy atom. The highest BCUT2D eigenvalue weighted by molar-refractivity contribution is 5.81. The van der Waals surface area contributed by atoms with Crippen molar-refractivity contribution in [1.82, 2.24) is 10.6 Å². The van der Waals surface area contributed by atoms with E-state index in [1.807, 2.05) is 0 Å². The molecule has 0 spiro atoms. The van der Waals surface area contributed by atoms with E-state index in [0.717, 1.165) is 13.0 Å². The van der Waals surface area contributed by atoms with Crippen LogP contribution in [0.2, 0.25) is 0 Å². The maximum absolute atomic E-state index is 11.5. The van der Waals surface area contributed by atoms with Gasteiger partial charge in [0.15, 0.2) is 0 Å². The van der Waals surface area contributed by atoms with Crippen molar-refractivity contribution in [2.75, 3.05) is 13.6 Å². The zero-order chi connectivity index (χ0) is 12.2. The van der Waals surface area contributed by atoms with Gasteiger partial charge in [0, 0.05) is 7.05 Å². The molecular weight excluding hydrogens is 200 g/mol. The Balaban J connectivity index is 2.36. The van der Waals surface area contributed by atoms with Crippen LogP contribution in [0, 0.1) is 11.3 Å². The van der Waals surface area contributed by atoms with Crippen LogP contribution in [0.5, 0.6) is 0 Å². The number of rotatable bonds is 3. The van der Waals surface area contributed by atoms with Gasteiger partial charge >= 0.3 is 0 Å². The Morgan fingerprint density at radius 1 is 1.44 bits per heavy atom. The van der Waals surface area contributed by atoms with Gasteiger partial charge in [0.2, 0.25) is 5.91 Å². The normalized spacial score (nSPS) is 26.5. The minimum atomic E-state index is 0.0312. The third kappa shape index (κ3) is 4.52. The first-order valence-corrected chi connectivity index (χ1v) is 6.37. The summed E-state index contributed by atoms with van der Waals surface area (Å²) in [7, 11) is 1.71. The van der Waals surface area contributed by atoms with Crippen LogP contribution in [0.4, 0.5) is 0 Å². The van der Waals surface area contributed by atoms with Crippen molar-refractivity contribution in [3.63, 3.8) is 0 Å². The Kier molecular flexibility index (Phi) is 4.78. The summed E-state index contributed by atoms with van der Waals surface area (Å²) in [5, 5.41) is 6.01. The van der Waals surface area contributed by atoms with Crippen LogP contribution in [-0.4, -0.2) is 25.5 Å². The van der Waals surface area contributed by atoms with Crippen LogP contribution < -0.4 is 10.6 Å². The first kappa shape index (κ1) is 13.5. The van der Waals surface area contributed by atoms with Gasteiger partial charge in [-0.3, -0.25) is 4.79 Å². The number of likely N-dealkylation sites (N-methyl/N-ethyl adjacent to an activating group) is 1. The first-order chi connectivity index (χ1) is 7.42. The molecule has 0 bridgehead atoms. The fourth-order valence-corrected chi connectivity index (χ4v) is 2.27. The molecule has 0 aliphatic carbocycles. The third-order valence-electron chi connectivity index (χ3n) is 3.38. The first-order valence-electron chi connectivity index (χ1n) is 6.37. The highest BCUT2D eigenvalue weighted by Crippen LogP contribution is 2.28. The SMILES string of the molecule is CNC(=O)C1CC(CCC(C)(C)C)CCN1. The van der Waals surface area contributed by atoms with Crippen LogP contribution >= 0.6 is 0 Å². The predicted molar refractivity (Wildman–Crippen MR) is 67.3 cm³/mol. The van der Waals surface area contributed by atoms with Gasteiger partial charge in [-0.2, -0.15) is 0 Å². The molecule has 0 aromatic heterocycles. The lowest BCUT2D eigenvalue weighted by Gasteiger charge is -2.31.